The van der Waals surface area contributed by atoms with Gasteiger partial charge in [0, 0.05) is 5.69 Å². The molecule has 2 aromatic rings. The van der Waals surface area contributed by atoms with E-state index in [0.29, 0.717) is 6.61 Å². The van der Waals surface area contributed by atoms with Crippen LogP contribution < -0.4 is 20.1 Å². The van der Waals surface area contributed by atoms with Crippen LogP contribution in [0, 0.1) is 0 Å². The van der Waals surface area contributed by atoms with E-state index >= 15 is 0 Å². The second-order valence-corrected chi connectivity index (χ2v) is 5.52. The lowest BCUT2D eigenvalue weighted by molar-refractivity contribution is -0.114. The molecule has 128 valence electrons. The van der Waals surface area contributed by atoms with Crippen molar-refractivity contribution in [2.45, 2.75) is 26.9 Å². The molecule has 5 heteroatoms. The lowest BCUT2D eigenvalue weighted by Gasteiger charge is -2.13. The van der Waals surface area contributed by atoms with Gasteiger partial charge in [0.15, 0.2) is 0 Å². The van der Waals surface area contributed by atoms with Crippen LogP contribution in [0.25, 0.3) is 0 Å². The van der Waals surface area contributed by atoms with E-state index in [2.05, 4.69) is 10.6 Å². The van der Waals surface area contributed by atoms with Gasteiger partial charge in [0.25, 0.3) is 0 Å². The number of carbonyl (C=O) groups is 1. The van der Waals surface area contributed by atoms with Crippen molar-refractivity contribution in [3.63, 3.8) is 0 Å². The van der Waals surface area contributed by atoms with Crippen molar-refractivity contribution in [2.24, 2.45) is 0 Å². The summed E-state index contributed by atoms with van der Waals surface area (Å²) in [6, 6.07) is 14.9. The third-order valence-corrected chi connectivity index (χ3v) is 3.14. The highest BCUT2D eigenvalue weighted by molar-refractivity contribution is 5.94. The van der Waals surface area contributed by atoms with Crippen molar-refractivity contribution < 1.29 is 14.3 Å². The van der Waals surface area contributed by atoms with Crippen LogP contribution in [0.5, 0.6) is 11.5 Å². The molecule has 0 bridgehead atoms. The van der Waals surface area contributed by atoms with Crippen molar-refractivity contribution in [1.82, 2.24) is 0 Å². The fourth-order valence-electron chi connectivity index (χ4n) is 2.16. The number of hydrogen-bond acceptors (Lipinski definition) is 4. The number of anilines is 2. The van der Waals surface area contributed by atoms with Gasteiger partial charge in [-0.1, -0.05) is 12.1 Å². The average Bonchev–Trinajstić information content (AvgIpc) is 2.56. The zero-order valence-electron chi connectivity index (χ0n) is 14.3. The first-order valence-corrected chi connectivity index (χ1v) is 8.10. The zero-order valence-corrected chi connectivity index (χ0v) is 14.3. The normalized spacial score (nSPS) is 10.3. The van der Waals surface area contributed by atoms with Crippen molar-refractivity contribution in [1.29, 1.82) is 0 Å². The third-order valence-electron chi connectivity index (χ3n) is 3.14. The van der Waals surface area contributed by atoms with Gasteiger partial charge in [-0.3, -0.25) is 4.79 Å². The molecule has 0 saturated carbocycles. The van der Waals surface area contributed by atoms with E-state index in [9.17, 15) is 4.79 Å². The van der Waals surface area contributed by atoms with Gasteiger partial charge in [0.1, 0.15) is 11.5 Å². The first-order chi connectivity index (χ1) is 11.6. The van der Waals surface area contributed by atoms with E-state index in [1.165, 1.54) is 0 Å². The van der Waals surface area contributed by atoms with E-state index < -0.39 is 0 Å². The summed E-state index contributed by atoms with van der Waals surface area (Å²) in [5, 5.41) is 5.94. The van der Waals surface area contributed by atoms with E-state index in [-0.39, 0.29) is 18.6 Å². The van der Waals surface area contributed by atoms with Crippen LogP contribution in [-0.2, 0) is 4.79 Å². The van der Waals surface area contributed by atoms with E-state index in [1.54, 1.807) is 0 Å². The number of hydrogen-bond donors (Lipinski definition) is 2. The minimum absolute atomic E-state index is 0.125. The molecule has 1 amide bonds. The van der Waals surface area contributed by atoms with Crippen LogP contribution in [0.4, 0.5) is 11.4 Å². The Labute approximate surface area is 143 Å². The van der Waals surface area contributed by atoms with Gasteiger partial charge in [-0.2, -0.15) is 0 Å². The minimum Gasteiger partial charge on any atom is -0.492 e. The Bertz CT molecular complexity index is 654. The van der Waals surface area contributed by atoms with Crippen LogP contribution in [0.1, 0.15) is 20.8 Å². The first kappa shape index (κ1) is 17.7. The Morgan fingerprint density at radius 1 is 1.08 bits per heavy atom. The summed E-state index contributed by atoms with van der Waals surface area (Å²) in [7, 11) is 0. The van der Waals surface area contributed by atoms with E-state index in [1.807, 2.05) is 69.3 Å². The summed E-state index contributed by atoms with van der Waals surface area (Å²) in [6.07, 6.45) is 0.125. The molecule has 0 aliphatic carbocycles. The zero-order chi connectivity index (χ0) is 17.4. The predicted octanol–water partition coefficient (Wildman–Crippen LogP) is 3.92. The molecule has 0 fully saturated rings. The maximum atomic E-state index is 12.1. The van der Waals surface area contributed by atoms with E-state index in [0.717, 1.165) is 22.9 Å². The minimum atomic E-state index is -0.126. The number of carbonyl (C=O) groups excluding carboxylic acids is 1. The Hall–Kier alpha value is -2.69. The Kier molecular flexibility index (Phi) is 6.49. The van der Waals surface area contributed by atoms with Crippen LogP contribution in [0.3, 0.4) is 0 Å². The van der Waals surface area contributed by atoms with Crippen molar-refractivity contribution in [3.8, 4) is 11.5 Å². The van der Waals surface area contributed by atoms with Gasteiger partial charge < -0.3 is 20.1 Å². The SMILES string of the molecule is CCOc1ccccc1NCC(=O)Nc1ccc(OC(C)C)cc1. The number of amides is 1. The van der Waals surface area contributed by atoms with Crippen LogP contribution in [0.2, 0.25) is 0 Å². The second kappa shape index (κ2) is 8.82. The molecule has 0 heterocycles. The summed E-state index contributed by atoms with van der Waals surface area (Å²) in [4.78, 5) is 12.1. The molecule has 0 aromatic heterocycles. The topological polar surface area (TPSA) is 59.6 Å². The Morgan fingerprint density at radius 3 is 2.46 bits per heavy atom. The Morgan fingerprint density at radius 2 is 1.79 bits per heavy atom. The smallest absolute Gasteiger partial charge is 0.243 e. The van der Waals surface area contributed by atoms with Crippen LogP contribution in [-0.4, -0.2) is 25.2 Å². The molecule has 0 aliphatic rings. The third kappa shape index (κ3) is 5.50. The lowest BCUT2D eigenvalue weighted by Crippen LogP contribution is -2.22. The number of ether oxygens (including phenoxy) is 2. The molecule has 2 N–H and O–H groups in total. The van der Waals surface area contributed by atoms with Gasteiger partial charge in [-0.25, -0.2) is 0 Å². The van der Waals surface area contributed by atoms with Gasteiger partial charge >= 0.3 is 0 Å². The Balaban J connectivity index is 1.87. The quantitative estimate of drug-likeness (QED) is 0.771. The molecule has 0 atom stereocenters. The van der Waals surface area contributed by atoms with Gasteiger partial charge in [-0.05, 0) is 57.2 Å². The highest BCUT2D eigenvalue weighted by Crippen LogP contribution is 2.23. The largest absolute Gasteiger partial charge is 0.492 e. The summed E-state index contributed by atoms with van der Waals surface area (Å²) in [5.41, 5.74) is 1.53. The summed E-state index contributed by atoms with van der Waals surface area (Å²) >= 11 is 0. The van der Waals surface area contributed by atoms with Gasteiger partial charge in [0.05, 0.1) is 24.9 Å². The molecule has 0 aliphatic heterocycles. The molecule has 0 radical (unpaired) electrons. The molecule has 2 rings (SSSR count). The summed E-state index contributed by atoms with van der Waals surface area (Å²) < 4.78 is 11.1. The molecule has 5 nitrogen and oxygen atoms in total. The summed E-state index contributed by atoms with van der Waals surface area (Å²) in [6.45, 7) is 6.61. The fraction of sp³-hybridized carbons (Fsp3) is 0.316. The molecule has 0 saturated heterocycles. The highest BCUT2D eigenvalue weighted by Gasteiger charge is 2.06. The molecule has 0 unspecified atom stereocenters. The number of para-hydroxylation sites is 2. The maximum Gasteiger partial charge on any atom is 0.243 e. The van der Waals surface area contributed by atoms with Crippen molar-refractivity contribution >= 4 is 17.3 Å². The van der Waals surface area contributed by atoms with Crippen LogP contribution in [0.15, 0.2) is 48.5 Å². The summed E-state index contributed by atoms with van der Waals surface area (Å²) in [5.74, 6) is 1.40. The maximum absolute atomic E-state index is 12.1. The first-order valence-electron chi connectivity index (χ1n) is 8.10. The van der Waals surface area contributed by atoms with Crippen molar-refractivity contribution in [3.05, 3.63) is 48.5 Å². The molecule has 0 spiro atoms. The molecule has 24 heavy (non-hydrogen) atoms. The monoisotopic (exact) mass is 328 g/mol. The van der Waals surface area contributed by atoms with E-state index in [4.69, 9.17) is 9.47 Å². The lowest BCUT2D eigenvalue weighted by atomic mass is 10.3. The fourth-order valence-corrected chi connectivity index (χ4v) is 2.16. The van der Waals surface area contributed by atoms with Gasteiger partial charge in [-0.15, -0.1) is 0 Å². The average molecular weight is 328 g/mol. The van der Waals surface area contributed by atoms with Crippen LogP contribution >= 0.6 is 0 Å². The molecular formula is C19H24N2O3. The number of benzene rings is 2. The highest BCUT2D eigenvalue weighted by atomic mass is 16.5. The standard InChI is InChI=1S/C19H24N2O3/c1-4-23-18-8-6-5-7-17(18)20-13-19(22)21-15-9-11-16(12-10-15)24-14(2)3/h5-12,14,20H,4,13H2,1-3H3,(H,21,22). The molecule has 2 aromatic carbocycles. The number of nitrogens with one attached hydrogen (secondary N) is 2. The number of rotatable bonds is 8. The van der Waals surface area contributed by atoms with Gasteiger partial charge in [0.2, 0.25) is 5.91 Å². The van der Waals surface area contributed by atoms with Crippen molar-refractivity contribution in [2.75, 3.05) is 23.8 Å². The molecular weight excluding hydrogens is 304 g/mol. The second-order valence-electron chi connectivity index (χ2n) is 5.52. The predicted molar refractivity (Wildman–Crippen MR) is 96.9 cm³/mol.